The molecule has 0 spiro atoms. The van der Waals surface area contributed by atoms with Gasteiger partial charge in [0.2, 0.25) is 5.91 Å². The average Bonchev–Trinajstić information content (AvgIpc) is 2.39. The maximum absolute atomic E-state index is 11.4. The topological polar surface area (TPSA) is 86.6 Å². The fourth-order valence-corrected chi connectivity index (χ4v) is 1.71. The molecule has 0 aromatic heterocycles. The van der Waals surface area contributed by atoms with Crippen LogP contribution in [0.15, 0.2) is 36.4 Å². The van der Waals surface area contributed by atoms with E-state index in [-0.39, 0.29) is 11.3 Å². The number of carbonyl (C=O) groups is 2. The molecule has 0 aliphatic carbocycles. The highest BCUT2D eigenvalue weighted by Crippen LogP contribution is 2.12. The lowest BCUT2D eigenvalue weighted by molar-refractivity contribution is -0.141. The van der Waals surface area contributed by atoms with Gasteiger partial charge in [0.15, 0.2) is 0 Å². The van der Waals surface area contributed by atoms with Gasteiger partial charge in [-0.15, -0.1) is 0 Å². The Labute approximate surface area is 117 Å². The number of aliphatic carboxylic acids is 1. The van der Waals surface area contributed by atoms with Crippen molar-refractivity contribution >= 4 is 11.9 Å². The van der Waals surface area contributed by atoms with E-state index in [9.17, 15) is 9.59 Å². The second kappa shape index (κ2) is 7.33. The first-order chi connectivity index (χ1) is 9.40. The third kappa shape index (κ3) is 5.14. The molecule has 1 aromatic carbocycles. The lowest BCUT2D eigenvalue weighted by Gasteiger charge is -2.14. The van der Waals surface area contributed by atoms with Gasteiger partial charge in [-0.05, 0) is 43.9 Å². The summed E-state index contributed by atoms with van der Waals surface area (Å²) in [5, 5.41) is 20.7. The minimum Gasteiger partial charge on any atom is -0.508 e. The van der Waals surface area contributed by atoms with Gasteiger partial charge in [-0.3, -0.25) is 4.79 Å². The molecule has 0 radical (unpaired) electrons. The molecule has 20 heavy (non-hydrogen) atoms. The van der Waals surface area contributed by atoms with Crippen molar-refractivity contribution in [3.63, 3.8) is 0 Å². The summed E-state index contributed by atoms with van der Waals surface area (Å²) in [6, 6.07) is 5.85. The molecule has 0 aliphatic heterocycles. The molecule has 1 atom stereocenters. The second-order valence-electron chi connectivity index (χ2n) is 4.70. The summed E-state index contributed by atoms with van der Waals surface area (Å²) in [6.45, 7) is 5.01. The third-order valence-corrected chi connectivity index (χ3v) is 2.89. The number of amides is 1. The molecule has 0 heterocycles. The van der Waals surface area contributed by atoms with Gasteiger partial charge >= 0.3 is 5.97 Å². The molecule has 1 rings (SSSR count). The molecule has 1 aromatic rings. The molecule has 5 heteroatoms. The summed E-state index contributed by atoms with van der Waals surface area (Å²) >= 11 is 0. The van der Waals surface area contributed by atoms with Crippen molar-refractivity contribution < 1.29 is 19.8 Å². The first kappa shape index (κ1) is 15.8. The highest BCUT2D eigenvalue weighted by molar-refractivity contribution is 5.94. The number of rotatable bonds is 7. The Morgan fingerprint density at radius 2 is 1.90 bits per heavy atom. The quantitative estimate of drug-likeness (QED) is 0.664. The Morgan fingerprint density at radius 1 is 1.30 bits per heavy atom. The molecule has 3 N–H and O–H groups in total. The number of carboxylic acid groups (broad SMARTS) is 1. The summed E-state index contributed by atoms with van der Waals surface area (Å²) in [7, 11) is 0. The zero-order valence-corrected chi connectivity index (χ0v) is 11.4. The smallest absolute Gasteiger partial charge is 0.326 e. The predicted molar refractivity (Wildman–Crippen MR) is 75.4 cm³/mol. The molecule has 0 saturated heterocycles. The maximum Gasteiger partial charge on any atom is 0.326 e. The van der Waals surface area contributed by atoms with E-state index in [4.69, 9.17) is 10.2 Å². The van der Waals surface area contributed by atoms with Crippen molar-refractivity contribution in [2.45, 2.75) is 32.2 Å². The number of aryl methyl sites for hydroxylation is 1. The van der Waals surface area contributed by atoms with Crippen LogP contribution in [0.1, 0.15) is 25.3 Å². The van der Waals surface area contributed by atoms with E-state index in [1.165, 1.54) is 6.92 Å². The van der Waals surface area contributed by atoms with Crippen LogP contribution in [-0.2, 0) is 16.0 Å². The van der Waals surface area contributed by atoms with Crippen molar-refractivity contribution in [1.82, 2.24) is 5.32 Å². The SMILES string of the molecule is C=C(C)C(=O)NC(CCCc1ccc(O)cc1)C(=O)O. The molecular formula is C15H19NO4. The Hall–Kier alpha value is -2.30. The van der Waals surface area contributed by atoms with Crippen LogP contribution in [0.4, 0.5) is 0 Å². The fourth-order valence-electron chi connectivity index (χ4n) is 1.71. The van der Waals surface area contributed by atoms with E-state index >= 15 is 0 Å². The molecule has 0 fully saturated rings. The van der Waals surface area contributed by atoms with E-state index in [2.05, 4.69) is 11.9 Å². The van der Waals surface area contributed by atoms with Crippen molar-refractivity contribution in [3.8, 4) is 5.75 Å². The largest absolute Gasteiger partial charge is 0.508 e. The summed E-state index contributed by atoms with van der Waals surface area (Å²) < 4.78 is 0. The van der Waals surface area contributed by atoms with Crippen LogP contribution in [0.2, 0.25) is 0 Å². The Kier molecular flexibility index (Phi) is 5.77. The number of aromatic hydroxyl groups is 1. The average molecular weight is 277 g/mol. The fraction of sp³-hybridized carbons (Fsp3) is 0.333. The summed E-state index contributed by atoms with van der Waals surface area (Å²) in [4.78, 5) is 22.5. The van der Waals surface area contributed by atoms with Gasteiger partial charge in [-0.1, -0.05) is 18.7 Å². The van der Waals surface area contributed by atoms with Crippen molar-refractivity contribution in [3.05, 3.63) is 42.0 Å². The molecular weight excluding hydrogens is 258 g/mol. The summed E-state index contributed by atoms with van der Waals surface area (Å²) in [5.41, 5.74) is 1.30. The van der Waals surface area contributed by atoms with Gasteiger partial charge in [-0.2, -0.15) is 0 Å². The number of carboxylic acids is 1. The van der Waals surface area contributed by atoms with Crippen LogP contribution < -0.4 is 5.32 Å². The van der Waals surface area contributed by atoms with Crippen LogP contribution in [0.25, 0.3) is 0 Å². The number of carbonyl (C=O) groups excluding carboxylic acids is 1. The minimum absolute atomic E-state index is 0.200. The van der Waals surface area contributed by atoms with Gasteiger partial charge in [0.1, 0.15) is 11.8 Å². The van der Waals surface area contributed by atoms with E-state index in [1.54, 1.807) is 24.3 Å². The van der Waals surface area contributed by atoms with Gasteiger partial charge in [-0.25, -0.2) is 4.79 Å². The summed E-state index contributed by atoms with van der Waals surface area (Å²) in [5.74, 6) is -1.29. The molecule has 0 aliphatic rings. The van der Waals surface area contributed by atoms with Crippen LogP contribution in [0, 0.1) is 0 Å². The van der Waals surface area contributed by atoms with Crippen LogP contribution in [0.5, 0.6) is 5.75 Å². The van der Waals surface area contributed by atoms with E-state index in [1.807, 2.05) is 0 Å². The van der Waals surface area contributed by atoms with Gasteiger partial charge < -0.3 is 15.5 Å². The number of benzene rings is 1. The number of nitrogens with one attached hydrogen (secondary N) is 1. The molecule has 0 bridgehead atoms. The second-order valence-corrected chi connectivity index (χ2v) is 4.70. The maximum atomic E-state index is 11.4. The zero-order chi connectivity index (χ0) is 15.1. The number of hydrogen-bond acceptors (Lipinski definition) is 3. The Bertz CT molecular complexity index is 493. The standard InChI is InChI=1S/C15H19NO4/c1-10(2)14(18)16-13(15(19)20)5-3-4-11-6-8-12(17)9-7-11/h6-9,13,17H,1,3-5H2,2H3,(H,16,18)(H,19,20). The molecule has 0 saturated carbocycles. The van der Waals surface area contributed by atoms with Gasteiger partial charge in [0, 0.05) is 5.57 Å². The zero-order valence-electron chi connectivity index (χ0n) is 11.4. The molecule has 1 amide bonds. The van der Waals surface area contributed by atoms with E-state index < -0.39 is 17.9 Å². The first-order valence-corrected chi connectivity index (χ1v) is 6.37. The summed E-state index contributed by atoms with van der Waals surface area (Å²) in [6.07, 6.45) is 1.65. The van der Waals surface area contributed by atoms with Crippen LogP contribution >= 0.6 is 0 Å². The predicted octanol–water partition coefficient (Wildman–Crippen LogP) is 1.86. The highest BCUT2D eigenvalue weighted by Gasteiger charge is 2.19. The van der Waals surface area contributed by atoms with Crippen molar-refractivity contribution in [2.75, 3.05) is 0 Å². The normalized spacial score (nSPS) is 11.7. The third-order valence-electron chi connectivity index (χ3n) is 2.89. The minimum atomic E-state index is -1.05. The number of phenolic OH excluding ortho intramolecular Hbond substituents is 1. The van der Waals surface area contributed by atoms with Crippen molar-refractivity contribution in [2.24, 2.45) is 0 Å². The number of phenols is 1. The first-order valence-electron chi connectivity index (χ1n) is 6.37. The van der Waals surface area contributed by atoms with Gasteiger partial charge in [0.05, 0.1) is 0 Å². The monoisotopic (exact) mass is 277 g/mol. The van der Waals surface area contributed by atoms with Gasteiger partial charge in [0.25, 0.3) is 0 Å². The lowest BCUT2D eigenvalue weighted by atomic mass is 10.0. The van der Waals surface area contributed by atoms with Crippen LogP contribution in [0.3, 0.4) is 0 Å². The highest BCUT2D eigenvalue weighted by atomic mass is 16.4. The van der Waals surface area contributed by atoms with E-state index in [0.717, 1.165) is 5.56 Å². The van der Waals surface area contributed by atoms with E-state index in [0.29, 0.717) is 19.3 Å². The number of hydrogen-bond donors (Lipinski definition) is 3. The van der Waals surface area contributed by atoms with Crippen molar-refractivity contribution in [1.29, 1.82) is 0 Å². The lowest BCUT2D eigenvalue weighted by Crippen LogP contribution is -2.41. The molecule has 1 unspecified atom stereocenters. The Balaban J connectivity index is 2.47. The van der Waals surface area contributed by atoms with Crippen LogP contribution in [-0.4, -0.2) is 28.1 Å². The molecule has 108 valence electrons. The molecule has 5 nitrogen and oxygen atoms in total. The Morgan fingerprint density at radius 3 is 2.40 bits per heavy atom.